The Morgan fingerprint density at radius 3 is 2.75 bits per heavy atom. The minimum Gasteiger partial charge on any atom is -0.292 e. The first-order chi connectivity index (χ1) is 5.58. The van der Waals surface area contributed by atoms with Crippen molar-refractivity contribution < 1.29 is 4.79 Å². The molecule has 2 aliphatic rings. The summed E-state index contributed by atoms with van der Waals surface area (Å²) in [4.78, 5) is 11.4. The Morgan fingerprint density at radius 2 is 2.00 bits per heavy atom. The maximum Gasteiger partial charge on any atom is 0.185 e. The highest BCUT2D eigenvalue weighted by Gasteiger charge is 2.37. The van der Waals surface area contributed by atoms with Crippen molar-refractivity contribution in [3.63, 3.8) is 0 Å². The van der Waals surface area contributed by atoms with Crippen LogP contribution >= 0.6 is 0 Å². The monoisotopic (exact) mass is 164 g/mol. The molecular weight excluding hydrogens is 154 g/mol. The van der Waals surface area contributed by atoms with Gasteiger partial charge >= 0.3 is 0 Å². The molecule has 1 saturated carbocycles. The predicted molar refractivity (Wildman–Crippen MR) is 45.0 cm³/mol. The van der Waals surface area contributed by atoms with E-state index in [4.69, 9.17) is 0 Å². The number of Topliss-reactive ketones (excluding diaryl/α,β-unsaturated/α-hetero) is 1. The van der Waals surface area contributed by atoms with Crippen LogP contribution in [0.5, 0.6) is 0 Å². The van der Waals surface area contributed by atoms with Gasteiger partial charge in [0.05, 0.1) is 5.71 Å². The molecule has 1 fully saturated rings. The molecule has 0 unspecified atom stereocenters. The summed E-state index contributed by atoms with van der Waals surface area (Å²) in [5.74, 6) is 0.0752. The standard InChI is InChI=1S/C8H10N3O/c1-8(2)3-5-7(6(12)4-8)10-11-9-5/h3-4H2,1-2H3. The zero-order valence-corrected chi connectivity index (χ0v) is 7.16. The van der Waals surface area contributed by atoms with Crippen LogP contribution in [0.15, 0.2) is 10.2 Å². The number of nitrogens with zero attached hydrogens (tertiary/aromatic N) is 3. The quantitative estimate of drug-likeness (QED) is 0.520. The van der Waals surface area contributed by atoms with Crippen molar-refractivity contribution in [3.8, 4) is 0 Å². The Hall–Kier alpha value is -1.19. The van der Waals surface area contributed by atoms with Gasteiger partial charge in [0.2, 0.25) is 0 Å². The average Bonchev–Trinajstić information content (AvgIpc) is 2.31. The molecule has 0 amide bonds. The maximum atomic E-state index is 11.4. The van der Waals surface area contributed by atoms with Crippen molar-refractivity contribution in [2.45, 2.75) is 26.7 Å². The van der Waals surface area contributed by atoms with Gasteiger partial charge in [-0.1, -0.05) is 13.8 Å². The molecule has 0 atom stereocenters. The Balaban J connectivity index is 2.34. The van der Waals surface area contributed by atoms with E-state index in [0.29, 0.717) is 12.1 Å². The predicted octanol–water partition coefficient (Wildman–Crippen LogP) is 0.706. The fraction of sp³-hybridized carbons (Fsp3) is 0.625. The number of rotatable bonds is 0. The number of hydrogen-bond acceptors (Lipinski definition) is 3. The van der Waals surface area contributed by atoms with E-state index in [1.807, 2.05) is 0 Å². The van der Waals surface area contributed by atoms with Crippen molar-refractivity contribution in [3.05, 3.63) is 0 Å². The lowest BCUT2D eigenvalue weighted by Gasteiger charge is -2.27. The van der Waals surface area contributed by atoms with Gasteiger partial charge in [-0.25, -0.2) is 0 Å². The highest BCUT2D eigenvalue weighted by molar-refractivity contribution is 6.68. The SMILES string of the molecule is CC1(C)CC(=O)C2=N[N]N=C2C1. The summed E-state index contributed by atoms with van der Waals surface area (Å²) in [6.07, 6.45) is 1.36. The van der Waals surface area contributed by atoms with E-state index in [1.165, 1.54) is 0 Å². The number of fused-ring (bicyclic) bond motifs is 1. The molecule has 12 heavy (non-hydrogen) atoms. The Kier molecular flexibility index (Phi) is 1.34. The van der Waals surface area contributed by atoms with Gasteiger partial charge < -0.3 is 0 Å². The Labute approximate surface area is 70.7 Å². The number of ketones is 1. The lowest BCUT2D eigenvalue weighted by atomic mass is 9.75. The lowest BCUT2D eigenvalue weighted by Crippen LogP contribution is -2.36. The van der Waals surface area contributed by atoms with E-state index >= 15 is 0 Å². The van der Waals surface area contributed by atoms with Crippen LogP contribution in [-0.2, 0) is 4.79 Å². The Morgan fingerprint density at radius 1 is 1.25 bits per heavy atom. The summed E-state index contributed by atoms with van der Waals surface area (Å²) >= 11 is 0. The van der Waals surface area contributed by atoms with Crippen molar-refractivity contribution in [1.29, 1.82) is 0 Å². The molecule has 63 valence electrons. The van der Waals surface area contributed by atoms with E-state index in [9.17, 15) is 4.79 Å². The second-order valence-electron chi connectivity index (χ2n) is 4.03. The summed E-state index contributed by atoms with van der Waals surface area (Å²) in [5, 5.41) is 7.51. The molecule has 4 heteroatoms. The van der Waals surface area contributed by atoms with Gasteiger partial charge in [0.25, 0.3) is 0 Å². The van der Waals surface area contributed by atoms with Crippen LogP contribution in [0.2, 0.25) is 0 Å². The van der Waals surface area contributed by atoms with E-state index in [0.717, 1.165) is 12.1 Å². The third-order valence-electron chi connectivity index (χ3n) is 2.13. The largest absolute Gasteiger partial charge is 0.292 e. The van der Waals surface area contributed by atoms with Crippen LogP contribution in [0, 0.1) is 5.41 Å². The average molecular weight is 164 g/mol. The highest BCUT2D eigenvalue weighted by atomic mass is 16.1. The molecule has 0 aromatic heterocycles. The molecule has 1 radical (unpaired) electrons. The first kappa shape index (κ1) is 7.46. The van der Waals surface area contributed by atoms with Gasteiger partial charge in [0.1, 0.15) is 0 Å². The molecule has 1 aliphatic carbocycles. The van der Waals surface area contributed by atoms with Gasteiger partial charge in [-0.05, 0) is 17.4 Å². The molecule has 0 aromatic carbocycles. The van der Waals surface area contributed by atoms with Crippen molar-refractivity contribution >= 4 is 17.2 Å². The van der Waals surface area contributed by atoms with Crippen LogP contribution in [-0.4, -0.2) is 17.2 Å². The van der Waals surface area contributed by atoms with Crippen LogP contribution in [0.1, 0.15) is 26.7 Å². The molecular formula is C8H10N3O. The van der Waals surface area contributed by atoms with Gasteiger partial charge in [-0.15, -0.1) is 10.2 Å². The molecule has 0 saturated heterocycles. The molecule has 4 nitrogen and oxygen atoms in total. The van der Waals surface area contributed by atoms with E-state index in [1.54, 1.807) is 0 Å². The van der Waals surface area contributed by atoms with Gasteiger partial charge in [-0.3, -0.25) is 4.79 Å². The summed E-state index contributed by atoms with van der Waals surface area (Å²) < 4.78 is 0. The van der Waals surface area contributed by atoms with Gasteiger partial charge in [0, 0.05) is 6.42 Å². The summed E-state index contributed by atoms with van der Waals surface area (Å²) in [6, 6.07) is 0. The fourth-order valence-electron chi connectivity index (χ4n) is 1.60. The van der Waals surface area contributed by atoms with Crippen molar-refractivity contribution in [1.82, 2.24) is 5.53 Å². The van der Waals surface area contributed by atoms with E-state index in [2.05, 4.69) is 29.6 Å². The summed E-state index contributed by atoms with van der Waals surface area (Å²) in [6.45, 7) is 4.12. The molecule has 1 aliphatic heterocycles. The van der Waals surface area contributed by atoms with Crippen LogP contribution < -0.4 is 5.53 Å². The topological polar surface area (TPSA) is 55.9 Å². The van der Waals surface area contributed by atoms with Crippen LogP contribution in [0.25, 0.3) is 0 Å². The number of carbonyl (C=O) groups excluding carboxylic acids is 1. The van der Waals surface area contributed by atoms with Crippen molar-refractivity contribution in [2.24, 2.45) is 15.6 Å². The maximum absolute atomic E-state index is 11.4. The lowest BCUT2D eigenvalue weighted by molar-refractivity contribution is -0.114. The fourth-order valence-corrected chi connectivity index (χ4v) is 1.60. The summed E-state index contributed by atoms with van der Waals surface area (Å²) in [7, 11) is 0. The van der Waals surface area contributed by atoms with E-state index < -0.39 is 0 Å². The smallest absolute Gasteiger partial charge is 0.185 e. The molecule has 2 rings (SSSR count). The van der Waals surface area contributed by atoms with Gasteiger partial charge in [0.15, 0.2) is 11.5 Å². The molecule has 0 N–H and O–H groups in total. The third kappa shape index (κ3) is 1.03. The minimum atomic E-state index is 0.0226. The molecule has 0 bridgehead atoms. The molecule has 0 spiro atoms. The van der Waals surface area contributed by atoms with Gasteiger partial charge in [-0.2, -0.15) is 0 Å². The van der Waals surface area contributed by atoms with Crippen molar-refractivity contribution in [2.75, 3.05) is 0 Å². The first-order valence-electron chi connectivity index (χ1n) is 3.97. The minimum absolute atomic E-state index is 0.0226. The number of hydrogen-bond donors (Lipinski definition) is 0. The molecule has 0 aromatic rings. The van der Waals surface area contributed by atoms with Crippen LogP contribution in [0.4, 0.5) is 0 Å². The molecule has 1 heterocycles. The first-order valence-corrected chi connectivity index (χ1v) is 3.97. The second-order valence-corrected chi connectivity index (χ2v) is 4.03. The Bertz CT molecular complexity index is 301. The summed E-state index contributed by atoms with van der Waals surface area (Å²) in [5.41, 5.74) is 4.76. The second kappa shape index (κ2) is 2.15. The number of carbonyl (C=O) groups is 1. The normalized spacial score (nSPS) is 25.7. The van der Waals surface area contributed by atoms with E-state index in [-0.39, 0.29) is 11.2 Å². The highest BCUT2D eigenvalue weighted by Crippen LogP contribution is 2.31. The zero-order chi connectivity index (χ0) is 8.77. The zero-order valence-electron chi connectivity index (χ0n) is 7.16. The van der Waals surface area contributed by atoms with Crippen LogP contribution in [0.3, 0.4) is 0 Å². The third-order valence-corrected chi connectivity index (χ3v) is 2.13.